The maximum Gasteiger partial charge on any atom is 0.261 e. The minimum atomic E-state index is 0.0201. The summed E-state index contributed by atoms with van der Waals surface area (Å²) in [5.74, 6) is 0.584. The molecule has 1 heterocycles. The average Bonchev–Trinajstić information content (AvgIpc) is 2.82. The first-order valence-electron chi connectivity index (χ1n) is 6.71. The molecule has 0 spiro atoms. The van der Waals surface area contributed by atoms with Gasteiger partial charge < -0.3 is 11.1 Å². The Hall–Kier alpha value is -1.55. The van der Waals surface area contributed by atoms with E-state index in [1.54, 1.807) is 0 Å². The van der Waals surface area contributed by atoms with Gasteiger partial charge in [0.05, 0.1) is 4.88 Å². The van der Waals surface area contributed by atoms with Gasteiger partial charge in [0, 0.05) is 16.9 Å². The molecule has 1 aromatic heterocycles. The van der Waals surface area contributed by atoms with Gasteiger partial charge in [-0.05, 0) is 35.6 Å². The molecule has 0 unspecified atom stereocenters. The summed E-state index contributed by atoms with van der Waals surface area (Å²) in [6.45, 7) is 5.06. The van der Waals surface area contributed by atoms with Gasteiger partial charge in [-0.25, -0.2) is 0 Å². The topological polar surface area (TPSA) is 55.1 Å². The zero-order valence-electron chi connectivity index (χ0n) is 11.4. The molecule has 0 fully saturated rings. The molecule has 3 nitrogen and oxygen atoms in total. The number of anilines is 1. The highest BCUT2D eigenvalue weighted by atomic mass is 32.1. The van der Waals surface area contributed by atoms with Crippen LogP contribution in [0.4, 0.5) is 5.69 Å². The van der Waals surface area contributed by atoms with Crippen molar-refractivity contribution in [3.05, 3.63) is 29.1 Å². The maximum absolute atomic E-state index is 12.1. The number of hydrogen-bond donors (Lipinski definition) is 2. The van der Waals surface area contributed by atoms with Crippen molar-refractivity contribution in [1.82, 2.24) is 5.32 Å². The number of thiophene rings is 1. The molecule has 1 aromatic carbocycles. The fourth-order valence-electron chi connectivity index (χ4n) is 2.08. The van der Waals surface area contributed by atoms with Crippen molar-refractivity contribution < 1.29 is 4.79 Å². The molecular weight excluding hydrogens is 256 g/mol. The molecule has 1 amide bonds. The number of carbonyl (C=O) groups is 1. The van der Waals surface area contributed by atoms with Crippen molar-refractivity contribution in [1.29, 1.82) is 0 Å². The predicted molar refractivity (Wildman–Crippen MR) is 82.6 cm³/mol. The minimum absolute atomic E-state index is 0.0201. The Morgan fingerprint density at radius 1 is 1.32 bits per heavy atom. The molecule has 0 radical (unpaired) electrons. The number of nitrogens with one attached hydrogen (secondary N) is 1. The van der Waals surface area contributed by atoms with Crippen LogP contribution >= 0.6 is 11.3 Å². The van der Waals surface area contributed by atoms with Gasteiger partial charge >= 0.3 is 0 Å². The summed E-state index contributed by atoms with van der Waals surface area (Å²) >= 11 is 1.51. The summed E-state index contributed by atoms with van der Waals surface area (Å²) in [7, 11) is 0. The molecule has 0 bridgehead atoms. The van der Waals surface area contributed by atoms with Crippen LogP contribution in [0.5, 0.6) is 0 Å². The van der Waals surface area contributed by atoms with Crippen LogP contribution in [-0.4, -0.2) is 12.5 Å². The highest BCUT2D eigenvalue weighted by Gasteiger charge is 2.12. The quantitative estimate of drug-likeness (QED) is 0.819. The van der Waals surface area contributed by atoms with E-state index in [1.807, 2.05) is 24.3 Å². The molecule has 0 aliphatic carbocycles. The second-order valence-electron chi connectivity index (χ2n) is 4.80. The zero-order chi connectivity index (χ0) is 13.8. The second kappa shape index (κ2) is 6.06. The van der Waals surface area contributed by atoms with Gasteiger partial charge in [0.25, 0.3) is 5.91 Å². The van der Waals surface area contributed by atoms with Crippen molar-refractivity contribution >= 4 is 33.0 Å². The lowest BCUT2D eigenvalue weighted by Crippen LogP contribution is -2.28. The van der Waals surface area contributed by atoms with Crippen LogP contribution in [0.25, 0.3) is 10.1 Å². The number of nitrogens with two attached hydrogens (primary N) is 1. The van der Waals surface area contributed by atoms with Crippen molar-refractivity contribution in [2.75, 3.05) is 12.3 Å². The molecule has 0 atom stereocenters. The van der Waals surface area contributed by atoms with E-state index >= 15 is 0 Å². The zero-order valence-corrected chi connectivity index (χ0v) is 12.2. The van der Waals surface area contributed by atoms with Gasteiger partial charge in [0.1, 0.15) is 0 Å². The van der Waals surface area contributed by atoms with E-state index in [2.05, 4.69) is 19.2 Å². The summed E-state index contributed by atoms with van der Waals surface area (Å²) in [5, 5.41) is 4.06. The Morgan fingerprint density at radius 2 is 2.05 bits per heavy atom. The van der Waals surface area contributed by atoms with Crippen LogP contribution in [0.3, 0.4) is 0 Å². The Morgan fingerprint density at radius 3 is 2.74 bits per heavy atom. The molecule has 19 heavy (non-hydrogen) atoms. The minimum Gasteiger partial charge on any atom is -0.399 e. The van der Waals surface area contributed by atoms with Crippen LogP contribution in [0.15, 0.2) is 24.3 Å². The average molecular weight is 276 g/mol. The third-order valence-corrected chi connectivity index (χ3v) is 4.58. The molecule has 0 aliphatic heterocycles. The second-order valence-corrected chi connectivity index (χ2v) is 5.88. The van der Waals surface area contributed by atoms with Crippen LogP contribution < -0.4 is 11.1 Å². The van der Waals surface area contributed by atoms with Gasteiger partial charge in [-0.3, -0.25) is 4.79 Å². The molecule has 4 heteroatoms. The number of rotatable bonds is 5. The number of nitrogen functional groups attached to an aromatic ring is 1. The maximum atomic E-state index is 12.1. The molecule has 2 aromatic rings. The predicted octanol–water partition coefficient (Wildman–Crippen LogP) is 3.65. The number of hydrogen-bond acceptors (Lipinski definition) is 3. The summed E-state index contributed by atoms with van der Waals surface area (Å²) in [6, 6.07) is 7.65. The first-order valence-corrected chi connectivity index (χ1v) is 7.53. The largest absolute Gasteiger partial charge is 0.399 e. The fraction of sp³-hybridized carbons (Fsp3) is 0.400. The molecule has 0 saturated carbocycles. The summed E-state index contributed by atoms with van der Waals surface area (Å²) in [6.07, 6.45) is 2.19. The molecule has 0 saturated heterocycles. The van der Waals surface area contributed by atoms with Crippen LogP contribution in [0, 0.1) is 5.92 Å². The Labute approximate surface area is 117 Å². The van der Waals surface area contributed by atoms with Crippen LogP contribution in [0.1, 0.15) is 36.4 Å². The van der Waals surface area contributed by atoms with E-state index in [0.29, 0.717) is 5.92 Å². The number of carbonyl (C=O) groups excluding carboxylic acids is 1. The molecule has 102 valence electrons. The molecule has 3 N–H and O–H groups in total. The third-order valence-electron chi connectivity index (χ3n) is 3.47. The van der Waals surface area contributed by atoms with Gasteiger partial charge in [-0.15, -0.1) is 11.3 Å². The number of amides is 1. The van der Waals surface area contributed by atoms with Crippen molar-refractivity contribution in [3.63, 3.8) is 0 Å². The van der Waals surface area contributed by atoms with Gasteiger partial charge in [-0.2, -0.15) is 0 Å². The molecular formula is C15H20N2OS. The van der Waals surface area contributed by atoms with Crippen molar-refractivity contribution in [3.8, 4) is 0 Å². The molecule has 2 rings (SSSR count). The smallest absolute Gasteiger partial charge is 0.261 e. The monoisotopic (exact) mass is 276 g/mol. The Balaban J connectivity index is 2.09. The lowest BCUT2D eigenvalue weighted by atomic mass is 10.0. The highest BCUT2D eigenvalue weighted by Crippen LogP contribution is 2.27. The number of benzene rings is 1. The van der Waals surface area contributed by atoms with Crippen LogP contribution in [0.2, 0.25) is 0 Å². The van der Waals surface area contributed by atoms with E-state index in [4.69, 9.17) is 5.73 Å². The van der Waals surface area contributed by atoms with E-state index in [0.717, 1.165) is 40.0 Å². The van der Waals surface area contributed by atoms with E-state index < -0.39 is 0 Å². The fourth-order valence-corrected chi connectivity index (χ4v) is 3.03. The normalized spacial score (nSPS) is 11.1. The van der Waals surface area contributed by atoms with E-state index in [-0.39, 0.29) is 5.91 Å². The summed E-state index contributed by atoms with van der Waals surface area (Å²) < 4.78 is 1.10. The molecule has 0 aliphatic rings. The van der Waals surface area contributed by atoms with E-state index in [1.165, 1.54) is 11.3 Å². The van der Waals surface area contributed by atoms with Crippen LogP contribution in [-0.2, 0) is 0 Å². The van der Waals surface area contributed by atoms with E-state index in [9.17, 15) is 4.79 Å². The Bertz CT molecular complexity index is 573. The lowest BCUT2D eigenvalue weighted by molar-refractivity contribution is 0.0950. The lowest BCUT2D eigenvalue weighted by Gasteiger charge is -2.12. The van der Waals surface area contributed by atoms with Gasteiger partial charge in [0.2, 0.25) is 0 Å². The van der Waals surface area contributed by atoms with Gasteiger partial charge in [0.15, 0.2) is 0 Å². The highest BCUT2D eigenvalue weighted by molar-refractivity contribution is 7.20. The summed E-state index contributed by atoms with van der Waals surface area (Å²) in [5.41, 5.74) is 6.48. The first-order chi connectivity index (χ1) is 9.13. The SMILES string of the molecule is CCC(CC)CNC(=O)c1cc2cc(N)ccc2s1. The Kier molecular flexibility index (Phi) is 4.43. The van der Waals surface area contributed by atoms with Crippen molar-refractivity contribution in [2.45, 2.75) is 26.7 Å². The van der Waals surface area contributed by atoms with Gasteiger partial charge in [-0.1, -0.05) is 26.7 Å². The summed E-state index contributed by atoms with van der Waals surface area (Å²) in [4.78, 5) is 12.9. The van der Waals surface area contributed by atoms with Crippen molar-refractivity contribution in [2.24, 2.45) is 5.92 Å². The first kappa shape index (κ1) is 13.9. The number of fused-ring (bicyclic) bond motifs is 1. The third kappa shape index (κ3) is 3.26. The standard InChI is InChI=1S/C15H20N2OS/c1-3-10(4-2)9-17-15(18)14-8-11-7-12(16)5-6-13(11)19-14/h5-8,10H,3-4,9,16H2,1-2H3,(H,17,18).